The third kappa shape index (κ3) is 60.9. The van der Waals surface area contributed by atoms with E-state index in [2.05, 4.69) is 79.9 Å². The van der Waals surface area contributed by atoms with E-state index in [1.54, 1.807) is 0 Å². The highest BCUT2D eigenvalue weighted by Gasteiger charge is 2.20. The van der Waals surface area contributed by atoms with E-state index in [9.17, 15) is 15.0 Å². The van der Waals surface area contributed by atoms with Gasteiger partial charge >= 0.3 is 0 Å². The maximum Gasteiger partial charge on any atom is 0.220 e. The number of nitrogens with one attached hydrogen (secondary N) is 1. The zero-order valence-corrected chi connectivity index (χ0v) is 50.1. The Bertz CT molecular complexity index is 1220. The second-order valence-electron chi connectivity index (χ2n) is 22.9. The second-order valence-corrected chi connectivity index (χ2v) is 22.9. The molecule has 0 aliphatic heterocycles. The van der Waals surface area contributed by atoms with Gasteiger partial charge in [-0.1, -0.05) is 357 Å². The molecule has 1 amide bonds. The van der Waals surface area contributed by atoms with E-state index in [0.717, 1.165) is 57.8 Å². The number of allylic oxidation sites excluding steroid dienone is 10. The van der Waals surface area contributed by atoms with Crippen molar-refractivity contribution in [3.8, 4) is 0 Å². The van der Waals surface area contributed by atoms with Crippen LogP contribution in [0.2, 0.25) is 0 Å². The standard InChI is InChI=1S/C70H131NO3/c1-3-5-7-9-11-13-15-17-19-21-23-25-27-29-31-33-34-35-36-38-39-41-43-45-47-49-51-53-55-57-59-61-63-65-69(73)68(67-72)71-70(74)66-64-62-60-58-56-54-52-50-48-46-44-42-40-37-32-30-28-26-24-22-20-18-16-14-12-10-8-6-4-2/h6,8,12,14,18,20,24,26,30,32,68-69,72-73H,3-5,7,9-11,13,15-17,19,21-23,25,27-29,31,33-67H2,1-2H3,(H,71,74)/b8-6-,14-12-,20-18-,26-24-,32-30-. The number of carbonyl (C=O) groups excluding carboxylic acids is 1. The van der Waals surface area contributed by atoms with Gasteiger partial charge in [0.2, 0.25) is 5.91 Å². The first-order chi connectivity index (χ1) is 36.7. The molecule has 0 rings (SSSR count). The molecule has 3 N–H and O–H groups in total. The van der Waals surface area contributed by atoms with Crippen molar-refractivity contribution in [3.63, 3.8) is 0 Å². The molecule has 0 fully saturated rings. The summed E-state index contributed by atoms with van der Waals surface area (Å²) in [6.45, 7) is 4.28. The summed E-state index contributed by atoms with van der Waals surface area (Å²) in [6, 6.07) is -0.541. The van der Waals surface area contributed by atoms with Crippen LogP contribution >= 0.6 is 0 Å². The highest BCUT2D eigenvalue weighted by Crippen LogP contribution is 2.19. The molecule has 0 aliphatic rings. The lowest BCUT2D eigenvalue weighted by Crippen LogP contribution is -2.45. The Labute approximate surface area is 464 Å². The topological polar surface area (TPSA) is 69.6 Å². The molecule has 0 spiro atoms. The second kappa shape index (κ2) is 65.4. The van der Waals surface area contributed by atoms with Crippen molar-refractivity contribution in [1.82, 2.24) is 5.32 Å². The molecule has 0 aromatic rings. The predicted octanol–water partition coefficient (Wildman–Crippen LogP) is 22.7. The molecule has 0 aliphatic carbocycles. The number of hydrogen-bond donors (Lipinski definition) is 3. The van der Waals surface area contributed by atoms with Crippen molar-refractivity contribution in [3.05, 3.63) is 60.8 Å². The van der Waals surface area contributed by atoms with Crippen LogP contribution in [-0.4, -0.2) is 34.9 Å². The minimum absolute atomic E-state index is 0.0292. The van der Waals surface area contributed by atoms with Gasteiger partial charge in [0.1, 0.15) is 0 Å². The van der Waals surface area contributed by atoms with Crippen LogP contribution in [0.1, 0.15) is 361 Å². The lowest BCUT2D eigenvalue weighted by atomic mass is 10.0. The first kappa shape index (κ1) is 72.1. The minimum Gasteiger partial charge on any atom is -0.394 e. The molecule has 434 valence electrons. The highest BCUT2D eigenvalue weighted by atomic mass is 16.3. The lowest BCUT2D eigenvalue weighted by Gasteiger charge is -2.22. The van der Waals surface area contributed by atoms with Gasteiger partial charge in [0.15, 0.2) is 0 Å². The van der Waals surface area contributed by atoms with Crippen LogP contribution in [0.15, 0.2) is 60.8 Å². The van der Waals surface area contributed by atoms with Gasteiger partial charge in [-0.05, 0) is 57.8 Å². The van der Waals surface area contributed by atoms with Gasteiger partial charge in [0.05, 0.1) is 18.8 Å². The lowest BCUT2D eigenvalue weighted by molar-refractivity contribution is -0.123. The molecule has 0 bridgehead atoms. The van der Waals surface area contributed by atoms with E-state index < -0.39 is 12.1 Å². The molecule has 0 aromatic carbocycles. The Hall–Kier alpha value is -1.91. The molecule has 2 atom stereocenters. The number of carbonyl (C=O) groups is 1. The van der Waals surface area contributed by atoms with Gasteiger partial charge in [0, 0.05) is 6.42 Å². The fourth-order valence-corrected chi connectivity index (χ4v) is 10.5. The fourth-order valence-electron chi connectivity index (χ4n) is 10.5. The summed E-state index contributed by atoms with van der Waals surface area (Å²) in [6.07, 6.45) is 92.6. The predicted molar refractivity (Wildman–Crippen MR) is 331 cm³/mol. The van der Waals surface area contributed by atoms with Crippen LogP contribution in [-0.2, 0) is 4.79 Å². The Kier molecular flexibility index (Phi) is 63.7. The van der Waals surface area contributed by atoms with Crippen molar-refractivity contribution in [2.24, 2.45) is 0 Å². The summed E-state index contributed by atoms with van der Waals surface area (Å²) < 4.78 is 0. The third-order valence-corrected chi connectivity index (χ3v) is 15.5. The summed E-state index contributed by atoms with van der Waals surface area (Å²) in [4.78, 5) is 12.5. The summed E-state index contributed by atoms with van der Waals surface area (Å²) in [5.41, 5.74) is 0. The average Bonchev–Trinajstić information content (AvgIpc) is 3.40. The van der Waals surface area contributed by atoms with Gasteiger partial charge in [0.25, 0.3) is 0 Å². The smallest absolute Gasteiger partial charge is 0.220 e. The van der Waals surface area contributed by atoms with E-state index in [4.69, 9.17) is 0 Å². The molecule has 0 radical (unpaired) electrons. The van der Waals surface area contributed by atoms with Crippen molar-refractivity contribution >= 4 is 5.91 Å². The average molecular weight is 1030 g/mol. The summed E-state index contributed by atoms with van der Waals surface area (Å²) in [7, 11) is 0. The molecule has 4 nitrogen and oxygen atoms in total. The number of aliphatic hydroxyl groups excluding tert-OH is 2. The molecule has 0 heterocycles. The monoisotopic (exact) mass is 1030 g/mol. The number of unbranched alkanes of at least 4 members (excludes halogenated alkanes) is 45. The molecule has 2 unspecified atom stereocenters. The number of rotatable bonds is 62. The van der Waals surface area contributed by atoms with Crippen LogP contribution in [0.25, 0.3) is 0 Å². The molecule has 0 saturated carbocycles. The largest absolute Gasteiger partial charge is 0.394 e. The zero-order valence-electron chi connectivity index (χ0n) is 50.1. The molecule has 74 heavy (non-hydrogen) atoms. The van der Waals surface area contributed by atoms with Crippen LogP contribution in [0.3, 0.4) is 0 Å². The number of aliphatic hydroxyl groups is 2. The zero-order chi connectivity index (χ0) is 53.4. The van der Waals surface area contributed by atoms with Crippen molar-refractivity contribution < 1.29 is 15.0 Å². The summed E-state index contributed by atoms with van der Waals surface area (Å²) in [5, 5.41) is 23.5. The molecule has 0 saturated heterocycles. The van der Waals surface area contributed by atoms with E-state index in [1.807, 2.05) is 0 Å². The van der Waals surface area contributed by atoms with Crippen molar-refractivity contribution in [2.75, 3.05) is 6.61 Å². The molecule has 0 aromatic heterocycles. The SMILES string of the molecule is CC/C=C\C/C=C\C/C=C\C/C=C\C/C=C\CCCCCCCCCCCCCCCC(=O)NC(CO)C(O)CCCCCCCCCCCCCCCCCCCCCCCCCCCCCCCCCCC. The Morgan fingerprint density at radius 2 is 0.595 bits per heavy atom. The quantitative estimate of drug-likeness (QED) is 0.0420. The summed E-state index contributed by atoms with van der Waals surface area (Å²) in [5.74, 6) is -0.0292. The van der Waals surface area contributed by atoms with Gasteiger partial charge in [-0.3, -0.25) is 4.79 Å². The van der Waals surface area contributed by atoms with Crippen LogP contribution in [0.4, 0.5) is 0 Å². The van der Waals surface area contributed by atoms with Gasteiger partial charge in [-0.2, -0.15) is 0 Å². The first-order valence-electron chi connectivity index (χ1n) is 33.5. The van der Waals surface area contributed by atoms with Crippen molar-refractivity contribution in [1.29, 1.82) is 0 Å². The highest BCUT2D eigenvalue weighted by molar-refractivity contribution is 5.76. The minimum atomic E-state index is -0.664. The maximum absolute atomic E-state index is 12.5. The van der Waals surface area contributed by atoms with E-state index in [0.29, 0.717) is 12.8 Å². The Morgan fingerprint density at radius 1 is 0.338 bits per heavy atom. The Morgan fingerprint density at radius 3 is 0.892 bits per heavy atom. The van der Waals surface area contributed by atoms with E-state index in [1.165, 1.54) is 276 Å². The summed E-state index contributed by atoms with van der Waals surface area (Å²) >= 11 is 0. The fraction of sp³-hybridized carbons (Fsp3) is 0.843. The number of hydrogen-bond acceptors (Lipinski definition) is 3. The van der Waals surface area contributed by atoms with Gasteiger partial charge in [-0.15, -0.1) is 0 Å². The van der Waals surface area contributed by atoms with E-state index >= 15 is 0 Å². The van der Waals surface area contributed by atoms with Gasteiger partial charge in [-0.25, -0.2) is 0 Å². The van der Waals surface area contributed by atoms with Crippen LogP contribution in [0.5, 0.6) is 0 Å². The molecular weight excluding hydrogens is 903 g/mol. The number of amides is 1. The maximum atomic E-state index is 12.5. The molecule has 4 heteroatoms. The van der Waals surface area contributed by atoms with Crippen molar-refractivity contribution in [2.45, 2.75) is 373 Å². The normalized spacial score (nSPS) is 13.1. The third-order valence-electron chi connectivity index (χ3n) is 15.5. The first-order valence-corrected chi connectivity index (χ1v) is 33.5. The van der Waals surface area contributed by atoms with E-state index in [-0.39, 0.29) is 12.5 Å². The molecular formula is C70H131NO3. The van der Waals surface area contributed by atoms with Crippen LogP contribution < -0.4 is 5.32 Å². The Balaban J connectivity index is 3.42. The van der Waals surface area contributed by atoms with Gasteiger partial charge < -0.3 is 15.5 Å². The van der Waals surface area contributed by atoms with Crippen LogP contribution in [0, 0.1) is 0 Å².